The van der Waals surface area contributed by atoms with Crippen LogP contribution in [0.25, 0.3) is 0 Å². The van der Waals surface area contributed by atoms with E-state index in [1.54, 1.807) is 29.5 Å². The maximum Gasteiger partial charge on any atom is 0.255 e. The van der Waals surface area contributed by atoms with E-state index in [1.807, 2.05) is 6.07 Å². The molecule has 6 nitrogen and oxygen atoms in total. The number of amides is 2. The highest BCUT2D eigenvalue weighted by atomic mass is 32.1. The minimum atomic E-state index is -0.580. The number of hydrogen-bond donors (Lipinski definition) is 2. The Hall–Kier alpha value is -2.54. The summed E-state index contributed by atoms with van der Waals surface area (Å²) >= 11 is 1.72. The summed E-state index contributed by atoms with van der Waals surface area (Å²) in [5, 5.41) is 4.98. The van der Waals surface area contributed by atoms with Gasteiger partial charge in [0.2, 0.25) is 0 Å². The van der Waals surface area contributed by atoms with Crippen molar-refractivity contribution in [2.24, 2.45) is 11.7 Å². The molecule has 1 aromatic heterocycles. The van der Waals surface area contributed by atoms with Crippen molar-refractivity contribution in [2.45, 2.75) is 13.3 Å². The minimum Gasteiger partial charge on any atom is -0.493 e. The van der Waals surface area contributed by atoms with Crippen LogP contribution >= 0.6 is 11.3 Å². The predicted octanol–water partition coefficient (Wildman–Crippen LogP) is 2.23. The minimum absolute atomic E-state index is 0.183. The largest absolute Gasteiger partial charge is 0.493 e. The van der Waals surface area contributed by atoms with E-state index < -0.39 is 5.91 Å². The Morgan fingerprint density at radius 3 is 2.72 bits per heavy atom. The zero-order valence-corrected chi connectivity index (χ0v) is 15.1. The molecule has 0 saturated carbocycles. The molecule has 0 fully saturated rings. The summed E-state index contributed by atoms with van der Waals surface area (Å²) in [6.45, 7) is 2.43. The van der Waals surface area contributed by atoms with Crippen LogP contribution in [0.5, 0.6) is 11.5 Å². The Kier molecular flexibility index (Phi) is 6.82. The van der Waals surface area contributed by atoms with Crippen LogP contribution in [0.1, 0.15) is 22.2 Å². The van der Waals surface area contributed by atoms with Crippen LogP contribution in [0.15, 0.2) is 35.7 Å². The van der Waals surface area contributed by atoms with Gasteiger partial charge in [-0.2, -0.15) is 0 Å². The number of benzene rings is 1. The molecule has 2 rings (SSSR count). The molecule has 0 radical (unpaired) electrons. The van der Waals surface area contributed by atoms with Gasteiger partial charge in [0, 0.05) is 17.0 Å². The lowest BCUT2D eigenvalue weighted by Crippen LogP contribution is -2.29. The lowest BCUT2D eigenvalue weighted by Gasteiger charge is -2.13. The van der Waals surface area contributed by atoms with Crippen LogP contribution in [0.3, 0.4) is 0 Å². The summed E-state index contributed by atoms with van der Waals surface area (Å²) in [5.41, 5.74) is 5.52. The van der Waals surface area contributed by atoms with Gasteiger partial charge in [-0.05, 0) is 42.0 Å². The highest BCUT2D eigenvalue weighted by Gasteiger charge is 2.13. The fourth-order valence-corrected chi connectivity index (χ4v) is 3.16. The van der Waals surface area contributed by atoms with E-state index in [-0.39, 0.29) is 12.5 Å². The average Bonchev–Trinajstić information content (AvgIpc) is 3.10. The monoisotopic (exact) mass is 362 g/mol. The first-order valence-electron chi connectivity index (χ1n) is 7.89. The quantitative estimate of drug-likeness (QED) is 0.716. The van der Waals surface area contributed by atoms with Crippen molar-refractivity contribution < 1.29 is 19.1 Å². The molecule has 3 N–H and O–H groups in total. The van der Waals surface area contributed by atoms with Crippen LogP contribution < -0.4 is 20.5 Å². The van der Waals surface area contributed by atoms with Crippen LogP contribution in [-0.4, -0.2) is 32.1 Å². The molecule has 7 heteroatoms. The smallest absolute Gasteiger partial charge is 0.255 e. The van der Waals surface area contributed by atoms with Gasteiger partial charge < -0.3 is 20.5 Å². The molecule has 1 atom stereocenters. The van der Waals surface area contributed by atoms with Gasteiger partial charge in [0.1, 0.15) is 0 Å². The summed E-state index contributed by atoms with van der Waals surface area (Å²) in [4.78, 5) is 24.4. The highest BCUT2D eigenvalue weighted by molar-refractivity contribution is 7.09. The summed E-state index contributed by atoms with van der Waals surface area (Å²) in [6.07, 6.45) is 0.932. The number of rotatable bonds is 9. The molecule has 2 amide bonds. The predicted molar refractivity (Wildman–Crippen MR) is 97.2 cm³/mol. The number of carbonyl (C=O) groups excluding carboxylic acids is 2. The Bertz CT molecular complexity index is 716. The van der Waals surface area contributed by atoms with Crippen LogP contribution in [-0.2, 0) is 11.2 Å². The van der Waals surface area contributed by atoms with E-state index >= 15 is 0 Å². The number of primary amides is 1. The average molecular weight is 362 g/mol. The van der Waals surface area contributed by atoms with Gasteiger partial charge in [0.05, 0.1) is 7.11 Å². The van der Waals surface area contributed by atoms with Gasteiger partial charge in [0.15, 0.2) is 18.1 Å². The molecule has 0 aliphatic heterocycles. The normalized spacial score (nSPS) is 11.6. The molecule has 25 heavy (non-hydrogen) atoms. The summed E-state index contributed by atoms with van der Waals surface area (Å²) in [5.74, 6) is 0.313. The number of nitrogens with one attached hydrogen (secondary N) is 1. The van der Waals surface area contributed by atoms with Gasteiger partial charge >= 0.3 is 0 Å². The van der Waals surface area contributed by atoms with Crippen molar-refractivity contribution in [3.05, 3.63) is 46.2 Å². The van der Waals surface area contributed by atoms with Crippen molar-refractivity contribution in [1.29, 1.82) is 0 Å². The fraction of sp³-hybridized carbons (Fsp3) is 0.333. The lowest BCUT2D eigenvalue weighted by atomic mass is 10.1. The molecule has 1 aromatic carbocycles. The van der Waals surface area contributed by atoms with Crippen molar-refractivity contribution in [3.63, 3.8) is 0 Å². The number of ether oxygens (including phenoxy) is 2. The van der Waals surface area contributed by atoms with Gasteiger partial charge in [-0.1, -0.05) is 13.0 Å². The van der Waals surface area contributed by atoms with Crippen LogP contribution in [0, 0.1) is 5.92 Å². The second-order valence-corrected chi connectivity index (χ2v) is 6.75. The summed E-state index contributed by atoms with van der Waals surface area (Å²) < 4.78 is 10.5. The van der Waals surface area contributed by atoms with Crippen molar-refractivity contribution in [3.8, 4) is 11.5 Å². The summed E-state index contributed by atoms with van der Waals surface area (Å²) in [7, 11) is 1.47. The number of nitrogens with two attached hydrogens (primary N) is 1. The molecule has 1 heterocycles. The SMILES string of the molecule is COc1cc(C(=O)NCC(C)Cc2cccs2)ccc1OCC(N)=O. The first-order valence-corrected chi connectivity index (χ1v) is 8.77. The molecule has 0 spiro atoms. The number of thiophene rings is 1. The molecular weight excluding hydrogens is 340 g/mol. The maximum atomic E-state index is 12.3. The van der Waals surface area contributed by atoms with Crippen LogP contribution in [0.2, 0.25) is 0 Å². The van der Waals surface area contributed by atoms with Crippen molar-refractivity contribution >= 4 is 23.2 Å². The number of carbonyl (C=O) groups is 2. The Morgan fingerprint density at radius 1 is 1.28 bits per heavy atom. The van der Waals surface area contributed by atoms with E-state index in [9.17, 15) is 9.59 Å². The van der Waals surface area contributed by atoms with E-state index in [0.29, 0.717) is 29.5 Å². The Labute approximate surface area is 150 Å². The second-order valence-electron chi connectivity index (χ2n) is 5.72. The third-order valence-electron chi connectivity index (χ3n) is 3.54. The second kappa shape index (κ2) is 9.08. The van der Waals surface area contributed by atoms with Crippen molar-refractivity contribution in [1.82, 2.24) is 5.32 Å². The first kappa shape index (κ1) is 18.8. The molecule has 1 unspecified atom stereocenters. The third kappa shape index (κ3) is 5.79. The molecule has 134 valence electrons. The molecule has 0 aliphatic carbocycles. The van der Waals surface area contributed by atoms with Crippen molar-refractivity contribution in [2.75, 3.05) is 20.3 Å². The fourth-order valence-electron chi connectivity index (χ4n) is 2.29. The topological polar surface area (TPSA) is 90.7 Å². The van der Waals surface area contributed by atoms with Gasteiger partial charge in [0.25, 0.3) is 11.8 Å². The first-order chi connectivity index (χ1) is 12.0. The third-order valence-corrected chi connectivity index (χ3v) is 4.44. The molecule has 0 saturated heterocycles. The number of methoxy groups -OCH3 is 1. The lowest BCUT2D eigenvalue weighted by molar-refractivity contribution is -0.119. The van der Waals surface area contributed by atoms with Crippen LogP contribution in [0.4, 0.5) is 0 Å². The van der Waals surface area contributed by atoms with Gasteiger partial charge in [-0.3, -0.25) is 9.59 Å². The molecule has 2 aromatic rings. The zero-order chi connectivity index (χ0) is 18.2. The maximum absolute atomic E-state index is 12.3. The zero-order valence-electron chi connectivity index (χ0n) is 14.3. The standard InChI is InChI=1S/C18H22N2O4S/c1-12(8-14-4-3-7-25-14)10-20-18(22)13-5-6-15(16(9-13)23-2)24-11-17(19)21/h3-7,9,12H,8,10-11H2,1-2H3,(H2,19,21)(H,20,22). The summed E-state index contributed by atoms with van der Waals surface area (Å²) in [6, 6.07) is 8.91. The molecule has 0 aliphatic rings. The van der Waals surface area contributed by atoms with E-state index in [1.165, 1.54) is 12.0 Å². The molecular formula is C18H22N2O4S. The highest BCUT2D eigenvalue weighted by Crippen LogP contribution is 2.28. The number of hydrogen-bond acceptors (Lipinski definition) is 5. The Morgan fingerprint density at radius 2 is 2.08 bits per heavy atom. The van der Waals surface area contributed by atoms with E-state index in [0.717, 1.165) is 6.42 Å². The molecule has 0 bridgehead atoms. The Balaban J connectivity index is 1.93. The van der Waals surface area contributed by atoms with E-state index in [2.05, 4.69) is 23.7 Å². The van der Waals surface area contributed by atoms with E-state index in [4.69, 9.17) is 15.2 Å². The van der Waals surface area contributed by atoms with Gasteiger partial charge in [-0.25, -0.2) is 0 Å². The van der Waals surface area contributed by atoms with Gasteiger partial charge in [-0.15, -0.1) is 11.3 Å².